The summed E-state index contributed by atoms with van der Waals surface area (Å²) in [6.07, 6.45) is 1.32. The SMILES string of the molecule is C=CCNC(=O)c1ccc(NC(C)C(OC)OC)cc1. The molecule has 110 valence electrons. The predicted molar refractivity (Wildman–Crippen MR) is 79.9 cm³/mol. The van der Waals surface area contributed by atoms with E-state index in [1.54, 1.807) is 32.4 Å². The van der Waals surface area contributed by atoms with Gasteiger partial charge < -0.3 is 20.1 Å². The second-order valence-corrected chi connectivity index (χ2v) is 4.35. The van der Waals surface area contributed by atoms with E-state index >= 15 is 0 Å². The Morgan fingerprint density at radius 1 is 1.30 bits per heavy atom. The molecule has 0 radical (unpaired) electrons. The number of hydrogen-bond donors (Lipinski definition) is 2. The molecule has 0 saturated heterocycles. The fourth-order valence-corrected chi connectivity index (χ4v) is 1.82. The standard InChI is InChI=1S/C15H22N2O3/c1-5-10-16-14(18)12-6-8-13(9-7-12)17-11(2)15(19-3)20-4/h5-9,11,15,17H,1,10H2,2-4H3,(H,16,18). The lowest BCUT2D eigenvalue weighted by molar-refractivity contribution is -0.109. The number of ether oxygens (including phenoxy) is 2. The van der Waals surface area contributed by atoms with Crippen LogP contribution in [0.4, 0.5) is 5.69 Å². The number of methoxy groups -OCH3 is 2. The van der Waals surface area contributed by atoms with E-state index in [1.165, 1.54) is 0 Å². The number of amides is 1. The predicted octanol–water partition coefficient (Wildman–Crippen LogP) is 2.02. The Bertz CT molecular complexity index is 427. The Balaban J connectivity index is 2.62. The smallest absolute Gasteiger partial charge is 0.251 e. The topological polar surface area (TPSA) is 59.6 Å². The van der Waals surface area contributed by atoms with E-state index < -0.39 is 0 Å². The van der Waals surface area contributed by atoms with Gasteiger partial charge in [0, 0.05) is 32.0 Å². The van der Waals surface area contributed by atoms with E-state index in [0.29, 0.717) is 12.1 Å². The van der Waals surface area contributed by atoms with Crippen molar-refractivity contribution in [2.24, 2.45) is 0 Å². The molecule has 1 aromatic carbocycles. The molecule has 1 rings (SSSR count). The highest BCUT2D eigenvalue weighted by molar-refractivity contribution is 5.94. The number of benzene rings is 1. The molecule has 2 N–H and O–H groups in total. The van der Waals surface area contributed by atoms with Gasteiger partial charge in [0.1, 0.15) is 0 Å². The summed E-state index contributed by atoms with van der Waals surface area (Å²) in [5.41, 5.74) is 1.51. The molecule has 1 atom stereocenters. The summed E-state index contributed by atoms with van der Waals surface area (Å²) in [4.78, 5) is 11.7. The average Bonchev–Trinajstić information content (AvgIpc) is 2.46. The third-order valence-electron chi connectivity index (χ3n) is 2.82. The van der Waals surface area contributed by atoms with Crippen LogP contribution >= 0.6 is 0 Å². The molecule has 0 aromatic heterocycles. The highest BCUT2D eigenvalue weighted by atomic mass is 16.7. The normalized spacial score (nSPS) is 12.0. The van der Waals surface area contributed by atoms with Crippen molar-refractivity contribution < 1.29 is 14.3 Å². The van der Waals surface area contributed by atoms with Crippen molar-refractivity contribution in [3.8, 4) is 0 Å². The minimum atomic E-state index is -0.328. The average molecular weight is 278 g/mol. The van der Waals surface area contributed by atoms with E-state index in [2.05, 4.69) is 17.2 Å². The molecule has 1 aromatic rings. The van der Waals surface area contributed by atoms with Gasteiger partial charge in [-0.1, -0.05) is 6.08 Å². The lowest BCUT2D eigenvalue weighted by Crippen LogP contribution is -2.33. The summed E-state index contributed by atoms with van der Waals surface area (Å²) in [6.45, 7) is 5.98. The fraction of sp³-hybridized carbons (Fsp3) is 0.400. The van der Waals surface area contributed by atoms with Gasteiger partial charge in [-0.15, -0.1) is 6.58 Å². The van der Waals surface area contributed by atoms with Gasteiger partial charge in [-0.05, 0) is 31.2 Å². The summed E-state index contributed by atoms with van der Waals surface area (Å²) < 4.78 is 10.4. The Hall–Kier alpha value is -1.85. The van der Waals surface area contributed by atoms with Crippen LogP contribution in [0.25, 0.3) is 0 Å². The number of nitrogens with one attached hydrogen (secondary N) is 2. The minimum Gasteiger partial charge on any atom is -0.377 e. The van der Waals surface area contributed by atoms with Gasteiger partial charge in [-0.25, -0.2) is 0 Å². The quantitative estimate of drug-likeness (QED) is 0.564. The first-order valence-corrected chi connectivity index (χ1v) is 6.43. The molecular weight excluding hydrogens is 256 g/mol. The molecule has 1 amide bonds. The molecule has 0 aliphatic carbocycles. The van der Waals surface area contributed by atoms with Crippen LogP contribution in [0.15, 0.2) is 36.9 Å². The van der Waals surface area contributed by atoms with E-state index in [0.717, 1.165) is 5.69 Å². The van der Waals surface area contributed by atoms with Gasteiger partial charge in [0.15, 0.2) is 6.29 Å². The van der Waals surface area contributed by atoms with Crippen LogP contribution in [-0.2, 0) is 9.47 Å². The first-order valence-electron chi connectivity index (χ1n) is 6.43. The Kier molecular flexibility index (Phi) is 6.76. The largest absolute Gasteiger partial charge is 0.377 e. The van der Waals surface area contributed by atoms with Gasteiger partial charge >= 0.3 is 0 Å². The molecule has 5 nitrogen and oxygen atoms in total. The van der Waals surface area contributed by atoms with Crippen LogP contribution in [-0.4, -0.2) is 39.0 Å². The summed E-state index contributed by atoms with van der Waals surface area (Å²) >= 11 is 0. The Morgan fingerprint density at radius 2 is 1.90 bits per heavy atom. The van der Waals surface area contributed by atoms with Crippen molar-refractivity contribution in [3.05, 3.63) is 42.5 Å². The van der Waals surface area contributed by atoms with Gasteiger partial charge in [-0.2, -0.15) is 0 Å². The lowest BCUT2D eigenvalue weighted by atomic mass is 10.2. The van der Waals surface area contributed by atoms with Crippen molar-refractivity contribution in [2.45, 2.75) is 19.3 Å². The van der Waals surface area contributed by atoms with Crippen LogP contribution in [0.1, 0.15) is 17.3 Å². The zero-order valence-corrected chi connectivity index (χ0v) is 12.2. The molecule has 0 bridgehead atoms. The molecule has 1 unspecified atom stereocenters. The number of carbonyl (C=O) groups excluding carboxylic acids is 1. The third kappa shape index (κ3) is 4.68. The molecule has 20 heavy (non-hydrogen) atoms. The zero-order chi connectivity index (χ0) is 15.0. The molecule has 0 aliphatic rings. The highest BCUT2D eigenvalue weighted by Crippen LogP contribution is 2.13. The molecule has 0 heterocycles. The summed E-state index contributed by atoms with van der Waals surface area (Å²) in [5.74, 6) is -0.115. The third-order valence-corrected chi connectivity index (χ3v) is 2.82. The molecule has 5 heteroatoms. The van der Waals surface area contributed by atoms with Crippen LogP contribution < -0.4 is 10.6 Å². The number of hydrogen-bond acceptors (Lipinski definition) is 4. The van der Waals surface area contributed by atoms with Gasteiger partial charge in [-0.3, -0.25) is 4.79 Å². The number of anilines is 1. The highest BCUT2D eigenvalue weighted by Gasteiger charge is 2.15. The minimum absolute atomic E-state index is 0.00885. The molecule has 0 aliphatic heterocycles. The Morgan fingerprint density at radius 3 is 2.40 bits per heavy atom. The lowest BCUT2D eigenvalue weighted by Gasteiger charge is -2.23. The molecule has 0 fully saturated rings. The maximum Gasteiger partial charge on any atom is 0.251 e. The van der Waals surface area contributed by atoms with Crippen LogP contribution in [0.5, 0.6) is 0 Å². The van der Waals surface area contributed by atoms with Crippen molar-refractivity contribution >= 4 is 11.6 Å². The van der Waals surface area contributed by atoms with Crippen molar-refractivity contribution in [1.82, 2.24) is 5.32 Å². The maximum absolute atomic E-state index is 11.7. The van der Waals surface area contributed by atoms with Crippen molar-refractivity contribution in [1.29, 1.82) is 0 Å². The summed E-state index contributed by atoms with van der Waals surface area (Å²) in [7, 11) is 3.19. The first kappa shape index (κ1) is 16.2. The second kappa shape index (κ2) is 8.35. The van der Waals surface area contributed by atoms with E-state index in [1.807, 2.05) is 19.1 Å². The van der Waals surface area contributed by atoms with Crippen molar-refractivity contribution in [3.63, 3.8) is 0 Å². The van der Waals surface area contributed by atoms with Crippen LogP contribution in [0.2, 0.25) is 0 Å². The van der Waals surface area contributed by atoms with Gasteiger partial charge in [0.2, 0.25) is 0 Å². The second-order valence-electron chi connectivity index (χ2n) is 4.35. The number of rotatable bonds is 8. The monoisotopic (exact) mass is 278 g/mol. The first-order chi connectivity index (χ1) is 9.62. The summed E-state index contributed by atoms with van der Waals surface area (Å²) in [5, 5.41) is 5.98. The molecule has 0 spiro atoms. The fourth-order valence-electron chi connectivity index (χ4n) is 1.82. The van der Waals surface area contributed by atoms with E-state index in [-0.39, 0.29) is 18.2 Å². The van der Waals surface area contributed by atoms with E-state index in [4.69, 9.17) is 9.47 Å². The Labute approximate surface area is 120 Å². The van der Waals surface area contributed by atoms with Crippen LogP contribution in [0.3, 0.4) is 0 Å². The maximum atomic E-state index is 11.7. The van der Waals surface area contributed by atoms with Gasteiger partial charge in [0.25, 0.3) is 5.91 Å². The van der Waals surface area contributed by atoms with Gasteiger partial charge in [0.05, 0.1) is 6.04 Å². The molecule has 0 saturated carbocycles. The van der Waals surface area contributed by atoms with E-state index in [9.17, 15) is 4.79 Å². The molecular formula is C15H22N2O3. The number of carbonyl (C=O) groups is 1. The van der Waals surface area contributed by atoms with Crippen LogP contribution in [0, 0.1) is 0 Å². The zero-order valence-electron chi connectivity index (χ0n) is 12.2. The summed E-state index contributed by atoms with van der Waals surface area (Å²) in [6, 6.07) is 7.22. The van der Waals surface area contributed by atoms with Crippen molar-refractivity contribution in [2.75, 3.05) is 26.1 Å².